The molecule has 0 aliphatic heterocycles. The van der Waals surface area contributed by atoms with Gasteiger partial charge in [0.2, 0.25) is 0 Å². The Morgan fingerprint density at radius 2 is 1.80 bits per heavy atom. The second kappa shape index (κ2) is 5.53. The van der Waals surface area contributed by atoms with Gasteiger partial charge in [0, 0.05) is 17.6 Å². The third-order valence-corrected chi connectivity index (χ3v) is 3.87. The molecule has 0 bridgehead atoms. The van der Waals surface area contributed by atoms with Crippen LogP contribution in [0.4, 0.5) is 5.69 Å². The van der Waals surface area contributed by atoms with Crippen molar-refractivity contribution in [1.82, 2.24) is 0 Å². The first kappa shape index (κ1) is 14.4. The quantitative estimate of drug-likeness (QED) is 0.848. The zero-order valence-electron chi connectivity index (χ0n) is 12.2. The van der Waals surface area contributed by atoms with E-state index >= 15 is 0 Å². The van der Waals surface area contributed by atoms with Crippen LogP contribution in [0.25, 0.3) is 10.8 Å². The predicted octanol–water partition coefficient (Wildman–Crippen LogP) is 4.39. The first-order valence-electron chi connectivity index (χ1n) is 6.93. The maximum atomic E-state index is 11.3. The highest BCUT2D eigenvalue weighted by Crippen LogP contribution is 2.28. The first-order chi connectivity index (χ1) is 9.44. The van der Waals surface area contributed by atoms with E-state index in [1.54, 1.807) is 6.07 Å². The Morgan fingerprint density at radius 3 is 2.40 bits per heavy atom. The Hall–Kier alpha value is -2.03. The number of aromatic carboxylic acids is 1. The summed E-state index contributed by atoms with van der Waals surface area (Å²) in [7, 11) is 0. The molecule has 3 heteroatoms. The minimum absolute atomic E-state index is 0.215. The van der Waals surface area contributed by atoms with E-state index in [9.17, 15) is 9.90 Å². The molecule has 2 aromatic carbocycles. The second-order valence-corrected chi connectivity index (χ2v) is 5.88. The standard InChI is InChI=1S/C17H21NO2/c1-4-17(2,3)11-18-15-10-9-14(16(19)20)12-7-5-6-8-13(12)15/h5-10,18H,4,11H2,1-3H3,(H,19,20). The lowest BCUT2D eigenvalue weighted by molar-refractivity contribution is 0.0699. The van der Waals surface area contributed by atoms with Crippen LogP contribution in [0.1, 0.15) is 37.6 Å². The van der Waals surface area contributed by atoms with Gasteiger partial charge >= 0.3 is 5.97 Å². The van der Waals surface area contributed by atoms with E-state index < -0.39 is 5.97 Å². The number of hydrogen-bond acceptors (Lipinski definition) is 2. The lowest BCUT2D eigenvalue weighted by atomic mass is 9.90. The molecule has 0 radical (unpaired) electrons. The van der Waals surface area contributed by atoms with E-state index in [1.165, 1.54) is 0 Å². The van der Waals surface area contributed by atoms with Crippen LogP contribution in [0.15, 0.2) is 36.4 Å². The highest BCUT2D eigenvalue weighted by atomic mass is 16.4. The van der Waals surface area contributed by atoms with Crippen molar-refractivity contribution in [2.75, 3.05) is 11.9 Å². The molecule has 0 aromatic heterocycles. The van der Waals surface area contributed by atoms with Gasteiger partial charge in [-0.15, -0.1) is 0 Å². The molecule has 106 valence electrons. The molecule has 3 nitrogen and oxygen atoms in total. The Balaban J connectivity index is 2.41. The topological polar surface area (TPSA) is 49.3 Å². The molecule has 0 atom stereocenters. The molecule has 0 amide bonds. The monoisotopic (exact) mass is 271 g/mol. The molecule has 0 unspecified atom stereocenters. The van der Waals surface area contributed by atoms with Crippen LogP contribution < -0.4 is 5.32 Å². The van der Waals surface area contributed by atoms with Crippen LogP contribution in [0.5, 0.6) is 0 Å². The van der Waals surface area contributed by atoms with Crippen molar-refractivity contribution in [3.05, 3.63) is 42.0 Å². The molecule has 0 saturated carbocycles. The number of benzene rings is 2. The number of anilines is 1. The number of carbonyl (C=O) groups is 1. The normalized spacial score (nSPS) is 11.6. The minimum atomic E-state index is -0.887. The Kier molecular flexibility index (Phi) is 3.98. The highest BCUT2D eigenvalue weighted by molar-refractivity contribution is 6.07. The largest absolute Gasteiger partial charge is 0.478 e. The second-order valence-electron chi connectivity index (χ2n) is 5.88. The summed E-state index contributed by atoms with van der Waals surface area (Å²) >= 11 is 0. The molecular formula is C17H21NO2. The van der Waals surface area contributed by atoms with Crippen LogP contribution in [-0.4, -0.2) is 17.6 Å². The lowest BCUT2D eigenvalue weighted by Crippen LogP contribution is -2.22. The van der Waals surface area contributed by atoms with E-state index in [0.717, 1.165) is 29.4 Å². The number of carboxylic acids is 1. The average Bonchev–Trinajstić information content (AvgIpc) is 2.44. The molecule has 20 heavy (non-hydrogen) atoms. The molecule has 2 rings (SSSR count). The third kappa shape index (κ3) is 2.93. The molecule has 0 fully saturated rings. The average molecular weight is 271 g/mol. The van der Waals surface area contributed by atoms with Gasteiger partial charge in [0.15, 0.2) is 0 Å². The number of hydrogen-bond donors (Lipinski definition) is 2. The van der Waals surface area contributed by atoms with Gasteiger partial charge in [-0.25, -0.2) is 4.79 Å². The number of nitrogens with one attached hydrogen (secondary N) is 1. The van der Waals surface area contributed by atoms with Gasteiger partial charge in [0.1, 0.15) is 0 Å². The van der Waals surface area contributed by atoms with E-state index in [0.29, 0.717) is 5.56 Å². The van der Waals surface area contributed by atoms with Gasteiger partial charge < -0.3 is 10.4 Å². The van der Waals surface area contributed by atoms with Crippen molar-refractivity contribution in [2.24, 2.45) is 5.41 Å². The van der Waals surface area contributed by atoms with E-state index in [-0.39, 0.29) is 5.41 Å². The summed E-state index contributed by atoms with van der Waals surface area (Å²) < 4.78 is 0. The maximum Gasteiger partial charge on any atom is 0.336 e. The molecule has 2 aromatic rings. The van der Waals surface area contributed by atoms with Crippen LogP contribution in [0.3, 0.4) is 0 Å². The summed E-state index contributed by atoms with van der Waals surface area (Å²) in [5.41, 5.74) is 1.56. The van der Waals surface area contributed by atoms with Crippen molar-refractivity contribution < 1.29 is 9.90 Å². The van der Waals surface area contributed by atoms with Crippen molar-refractivity contribution in [2.45, 2.75) is 27.2 Å². The molecule has 0 spiro atoms. The third-order valence-electron chi connectivity index (χ3n) is 3.87. The van der Waals surface area contributed by atoms with E-state index in [2.05, 4.69) is 26.1 Å². The van der Waals surface area contributed by atoms with E-state index in [4.69, 9.17) is 0 Å². The molecule has 0 aliphatic rings. The van der Waals surface area contributed by atoms with Gasteiger partial charge in [-0.2, -0.15) is 0 Å². The van der Waals surface area contributed by atoms with Crippen LogP contribution in [0.2, 0.25) is 0 Å². The Labute approximate surface area is 119 Å². The predicted molar refractivity (Wildman–Crippen MR) is 83.5 cm³/mol. The fourth-order valence-electron chi connectivity index (χ4n) is 2.10. The van der Waals surface area contributed by atoms with Gasteiger partial charge in [-0.05, 0) is 29.4 Å². The number of rotatable bonds is 5. The van der Waals surface area contributed by atoms with Crippen molar-refractivity contribution in [3.63, 3.8) is 0 Å². The zero-order chi connectivity index (χ0) is 14.8. The smallest absolute Gasteiger partial charge is 0.336 e. The van der Waals surface area contributed by atoms with Gasteiger partial charge in [0.05, 0.1) is 5.56 Å². The highest BCUT2D eigenvalue weighted by Gasteiger charge is 2.16. The van der Waals surface area contributed by atoms with Crippen molar-refractivity contribution in [3.8, 4) is 0 Å². The van der Waals surface area contributed by atoms with Crippen molar-refractivity contribution in [1.29, 1.82) is 0 Å². The summed E-state index contributed by atoms with van der Waals surface area (Å²) in [6.45, 7) is 7.47. The SMILES string of the molecule is CCC(C)(C)CNc1ccc(C(=O)O)c2ccccc12. The first-order valence-corrected chi connectivity index (χ1v) is 6.93. The number of fused-ring (bicyclic) bond motifs is 1. The minimum Gasteiger partial charge on any atom is -0.478 e. The van der Waals surface area contributed by atoms with Gasteiger partial charge in [-0.1, -0.05) is 45.0 Å². The van der Waals surface area contributed by atoms with E-state index in [1.807, 2.05) is 30.3 Å². The van der Waals surface area contributed by atoms with Crippen LogP contribution in [0, 0.1) is 5.41 Å². The zero-order valence-corrected chi connectivity index (χ0v) is 12.2. The summed E-state index contributed by atoms with van der Waals surface area (Å²) in [4.78, 5) is 11.3. The summed E-state index contributed by atoms with van der Waals surface area (Å²) in [6.07, 6.45) is 1.09. The fraction of sp³-hybridized carbons (Fsp3) is 0.353. The van der Waals surface area contributed by atoms with Gasteiger partial charge in [0.25, 0.3) is 0 Å². The summed E-state index contributed by atoms with van der Waals surface area (Å²) in [5, 5.41) is 14.4. The molecule has 2 N–H and O–H groups in total. The molecule has 0 aliphatic carbocycles. The Bertz CT molecular complexity index is 632. The molecule has 0 heterocycles. The van der Waals surface area contributed by atoms with Crippen LogP contribution in [-0.2, 0) is 0 Å². The lowest BCUT2D eigenvalue weighted by Gasteiger charge is -2.24. The van der Waals surface area contributed by atoms with Gasteiger partial charge in [-0.3, -0.25) is 0 Å². The Morgan fingerprint density at radius 1 is 1.15 bits per heavy atom. The van der Waals surface area contributed by atoms with Crippen LogP contribution >= 0.6 is 0 Å². The summed E-state index contributed by atoms with van der Waals surface area (Å²) in [5.74, 6) is -0.887. The summed E-state index contributed by atoms with van der Waals surface area (Å²) in [6, 6.07) is 11.2. The molecular weight excluding hydrogens is 250 g/mol. The molecule has 0 saturated heterocycles. The fourth-order valence-corrected chi connectivity index (χ4v) is 2.10. The van der Waals surface area contributed by atoms with Crippen molar-refractivity contribution >= 4 is 22.4 Å². The maximum absolute atomic E-state index is 11.3. The number of carboxylic acid groups (broad SMARTS) is 1.